The first-order valence-corrected chi connectivity index (χ1v) is 8.18. The Bertz CT molecular complexity index is 270. The normalized spacial score (nSPS) is 32.1. The molecule has 0 aromatic heterocycles. The van der Waals surface area contributed by atoms with Crippen molar-refractivity contribution < 1.29 is 4.74 Å². The van der Waals surface area contributed by atoms with Crippen LogP contribution in [-0.4, -0.2) is 48.8 Å². The summed E-state index contributed by atoms with van der Waals surface area (Å²) in [7, 11) is 0. The Morgan fingerprint density at radius 3 is 2.58 bits per heavy atom. The first kappa shape index (κ1) is 15.3. The van der Waals surface area contributed by atoms with Gasteiger partial charge in [0, 0.05) is 37.3 Å². The first-order valence-electron chi connectivity index (χ1n) is 8.18. The van der Waals surface area contributed by atoms with Crippen LogP contribution < -0.4 is 5.32 Å². The van der Waals surface area contributed by atoms with Gasteiger partial charge in [0.25, 0.3) is 0 Å². The van der Waals surface area contributed by atoms with E-state index in [0.29, 0.717) is 17.6 Å². The van der Waals surface area contributed by atoms with Gasteiger partial charge in [-0.1, -0.05) is 27.7 Å². The van der Waals surface area contributed by atoms with Crippen molar-refractivity contribution in [2.24, 2.45) is 5.92 Å². The summed E-state index contributed by atoms with van der Waals surface area (Å²) in [6.45, 7) is 13.6. The minimum absolute atomic E-state index is 0.329. The number of nitrogens with zero attached hydrogens (tertiary/aromatic N) is 1. The van der Waals surface area contributed by atoms with E-state index in [0.717, 1.165) is 25.7 Å². The summed E-state index contributed by atoms with van der Waals surface area (Å²) in [5, 5.41) is 3.86. The summed E-state index contributed by atoms with van der Waals surface area (Å²) in [6.07, 6.45) is 4.97. The highest BCUT2D eigenvalue weighted by Crippen LogP contribution is 2.29. The third kappa shape index (κ3) is 3.50. The van der Waals surface area contributed by atoms with E-state index in [1.54, 1.807) is 0 Å². The highest BCUT2D eigenvalue weighted by molar-refractivity contribution is 4.99. The fourth-order valence-corrected chi connectivity index (χ4v) is 3.68. The second kappa shape index (κ2) is 6.55. The summed E-state index contributed by atoms with van der Waals surface area (Å²) >= 11 is 0. The fourth-order valence-electron chi connectivity index (χ4n) is 3.68. The first-order chi connectivity index (χ1) is 9.10. The SMILES string of the molecule is CCC1(CC)CN(C2CCOC2)C(CC(C)C)CN1. The van der Waals surface area contributed by atoms with Crippen molar-refractivity contribution in [2.75, 3.05) is 26.3 Å². The summed E-state index contributed by atoms with van der Waals surface area (Å²) in [5.41, 5.74) is 0.329. The molecule has 0 bridgehead atoms. The number of nitrogens with one attached hydrogen (secondary N) is 1. The van der Waals surface area contributed by atoms with Gasteiger partial charge in [0.15, 0.2) is 0 Å². The van der Waals surface area contributed by atoms with Crippen LogP contribution in [0.4, 0.5) is 0 Å². The zero-order chi connectivity index (χ0) is 13.9. The van der Waals surface area contributed by atoms with Crippen molar-refractivity contribution in [2.45, 2.75) is 71.0 Å². The van der Waals surface area contributed by atoms with Gasteiger partial charge in [-0.3, -0.25) is 4.90 Å². The molecule has 0 radical (unpaired) electrons. The highest BCUT2D eigenvalue weighted by Gasteiger charge is 2.40. The highest BCUT2D eigenvalue weighted by atomic mass is 16.5. The van der Waals surface area contributed by atoms with Crippen molar-refractivity contribution >= 4 is 0 Å². The molecule has 0 aromatic rings. The second-order valence-corrected chi connectivity index (χ2v) is 6.84. The summed E-state index contributed by atoms with van der Waals surface area (Å²) in [6, 6.07) is 1.35. The molecule has 1 N–H and O–H groups in total. The molecule has 2 rings (SSSR count). The van der Waals surface area contributed by atoms with Crippen LogP contribution in [0.15, 0.2) is 0 Å². The molecule has 0 aliphatic carbocycles. The number of ether oxygens (including phenoxy) is 1. The van der Waals surface area contributed by atoms with Crippen LogP contribution in [0.1, 0.15) is 53.4 Å². The third-order valence-electron chi connectivity index (χ3n) is 5.14. The molecule has 0 aromatic carbocycles. The minimum Gasteiger partial charge on any atom is -0.380 e. The molecule has 2 aliphatic rings. The molecule has 2 saturated heterocycles. The topological polar surface area (TPSA) is 24.5 Å². The van der Waals surface area contributed by atoms with Crippen LogP contribution in [0.25, 0.3) is 0 Å². The quantitative estimate of drug-likeness (QED) is 0.829. The van der Waals surface area contributed by atoms with Gasteiger partial charge in [-0.05, 0) is 31.6 Å². The molecule has 3 nitrogen and oxygen atoms in total. The zero-order valence-corrected chi connectivity index (χ0v) is 13.2. The van der Waals surface area contributed by atoms with E-state index in [1.807, 2.05) is 0 Å². The van der Waals surface area contributed by atoms with Crippen LogP contribution >= 0.6 is 0 Å². The van der Waals surface area contributed by atoms with E-state index < -0.39 is 0 Å². The average Bonchev–Trinajstić information content (AvgIpc) is 2.93. The van der Waals surface area contributed by atoms with Gasteiger partial charge in [0.1, 0.15) is 0 Å². The van der Waals surface area contributed by atoms with Crippen molar-refractivity contribution in [3.63, 3.8) is 0 Å². The van der Waals surface area contributed by atoms with Crippen LogP contribution in [0.3, 0.4) is 0 Å². The van der Waals surface area contributed by atoms with E-state index >= 15 is 0 Å². The molecule has 0 spiro atoms. The van der Waals surface area contributed by atoms with Crippen LogP contribution in [0.2, 0.25) is 0 Å². The summed E-state index contributed by atoms with van der Waals surface area (Å²) < 4.78 is 5.64. The smallest absolute Gasteiger partial charge is 0.0622 e. The Labute approximate surface area is 119 Å². The number of hydrogen-bond acceptors (Lipinski definition) is 3. The second-order valence-electron chi connectivity index (χ2n) is 6.84. The van der Waals surface area contributed by atoms with Crippen LogP contribution in [0, 0.1) is 5.92 Å². The molecule has 2 aliphatic heterocycles. The number of piperazine rings is 1. The number of rotatable bonds is 5. The van der Waals surface area contributed by atoms with Crippen molar-refractivity contribution in [1.29, 1.82) is 0 Å². The molecular formula is C16H32N2O. The lowest BCUT2D eigenvalue weighted by Crippen LogP contribution is -2.66. The Kier molecular flexibility index (Phi) is 5.27. The van der Waals surface area contributed by atoms with E-state index in [4.69, 9.17) is 4.74 Å². The summed E-state index contributed by atoms with van der Waals surface area (Å²) in [4.78, 5) is 2.77. The van der Waals surface area contributed by atoms with Crippen LogP contribution in [-0.2, 0) is 4.74 Å². The van der Waals surface area contributed by atoms with Gasteiger partial charge in [0.05, 0.1) is 6.61 Å². The van der Waals surface area contributed by atoms with Gasteiger partial charge in [-0.2, -0.15) is 0 Å². The fraction of sp³-hybridized carbons (Fsp3) is 1.00. The van der Waals surface area contributed by atoms with Gasteiger partial charge in [0.2, 0.25) is 0 Å². The minimum atomic E-state index is 0.329. The summed E-state index contributed by atoms with van der Waals surface area (Å²) in [5.74, 6) is 0.771. The van der Waals surface area contributed by atoms with Crippen LogP contribution in [0.5, 0.6) is 0 Å². The Morgan fingerprint density at radius 2 is 2.05 bits per heavy atom. The van der Waals surface area contributed by atoms with Gasteiger partial charge < -0.3 is 10.1 Å². The molecule has 2 unspecified atom stereocenters. The molecule has 2 heterocycles. The van der Waals surface area contributed by atoms with Gasteiger partial charge >= 0.3 is 0 Å². The molecule has 19 heavy (non-hydrogen) atoms. The Hall–Kier alpha value is -0.120. The molecule has 0 amide bonds. The molecule has 2 atom stereocenters. The van der Waals surface area contributed by atoms with Gasteiger partial charge in [-0.15, -0.1) is 0 Å². The maximum Gasteiger partial charge on any atom is 0.0622 e. The predicted octanol–water partition coefficient (Wildman–Crippen LogP) is 2.65. The maximum absolute atomic E-state index is 5.64. The van der Waals surface area contributed by atoms with Gasteiger partial charge in [-0.25, -0.2) is 0 Å². The molecule has 112 valence electrons. The largest absolute Gasteiger partial charge is 0.380 e. The molecular weight excluding hydrogens is 236 g/mol. The lowest BCUT2D eigenvalue weighted by atomic mass is 9.86. The third-order valence-corrected chi connectivity index (χ3v) is 5.14. The molecule has 3 heteroatoms. The van der Waals surface area contributed by atoms with E-state index in [9.17, 15) is 0 Å². The van der Waals surface area contributed by atoms with E-state index in [-0.39, 0.29) is 0 Å². The standard InChI is InChI=1S/C16H32N2O/c1-5-16(6-2)12-18(14-7-8-19-11-14)15(10-17-16)9-13(3)4/h13-15,17H,5-12H2,1-4H3. The Morgan fingerprint density at radius 1 is 1.32 bits per heavy atom. The average molecular weight is 268 g/mol. The van der Waals surface area contributed by atoms with E-state index in [1.165, 1.54) is 32.2 Å². The Balaban J connectivity index is 2.08. The maximum atomic E-state index is 5.64. The van der Waals surface area contributed by atoms with Crippen molar-refractivity contribution in [3.05, 3.63) is 0 Å². The lowest BCUT2D eigenvalue weighted by molar-refractivity contribution is 0.0232. The molecule has 2 fully saturated rings. The predicted molar refractivity (Wildman–Crippen MR) is 80.5 cm³/mol. The number of hydrogen-bond donors (Lipinski definition) is 1. The zero-order valence-electron chi connectivity index (χ0n) is 13.2. The van der Waals surface area contributed by atoms with Crippen molar-refractivity contribution in [1.82, 2.24) is 10.2 Å². The monoisotopic (exact) mass is 268 g/mol. The lowest BCUT2D eigenvalue weighted by Gasteiger charge is -2.50. The molecule has 0 saturated carbocycles. The van der Waals surface area contributed by atoms with Crippen molar-refractivity contribution in [3.8, 4) is 0 Å². The van der Waals surface area contributed by atoms with E-state index in [2.05, 4.69) is 37.9 Å².